The number of carbonyl (C=O) groups excluding carboxylic acids is 1. The van der Waals surface area contributed by atoms with Crippen LogP contribution >= 0.6 is 0 Å². The number of methoxy groups -OCH3 is 3. The summed E-state index contributed by atoms with van der Waals surface area (Å²) in [6, 6.07) is 10.6. The summed E-state index contributed by atoms with van der Waals surface area (Å²) in [4.78, 5) is 12.7. The van der Waals surface area contributed by atoms with Crippen LogP contribution in [-0.4, -0.2) is 32.2 Å². The number of hydrogen-bond donors (Lipinski definition) is 1. The lowest BCUT2D eigenvalue weighted by Gasteiger charge is -2.06. The van der Waals surface area contributed by atoms with Gasteiger partial charge in [-0.05, 0) is 60.4 Å². The van der Waals surface area contributed by atoms with E-state index in [9.17, 15) is 9.90 Å². The van der Waals surface area contributed by atoms with Gasteiger partial charge in [0.25, 0.3) is 0 Å². The smallest absolute Gasteiger partial charge is 0.185 e. The Labute approximate surface area is 158 Å². The predicted molar refractivity (Wildman–Crippen MR) is 104 cm³/mol. The first-order chi connectivity index (χ1) is 13.0. The molecule has 0 saturated heterocycles. The highest BCUT2D eigenvalue weighted by Crippen LogP contribution is 2.33. The van der Waals surface area contributed by atoms with Crippen molar-refractivity contribution in [2.45, 2.75) is 12.8 Å². The Kier molecular flexibility index (Phi) is 5.50. The molecule has 27 heavy (non-hydrogen) atoms. The number of benzene rings is 2. The molecule has 0 spiro atoms. The van der Waals surface area contributed by atoms with E-state index in [4.69, 9.17) is 14.2 Å². The lowest BCUT2D eigenvalue weighted by atomic mass is 10.1. The lowest BCUT2D eigenvalue weighted by Crippen LogP contribution is -1.96. The lowest BCUT2D eigenvalue weighted by molar-refractivity contribution is -0.111. The second-order valence-corrected chi connectivity index (χ2v) is 6.25. The molecule has 1 N–H and O–H groups in total. The van der Waals surface area contributed by atoms with Crippen molar-refractivity contribution in [3.8, 4) is 23.0 Å². The molecule has 5 nitrogen and oxygen atoms in total. The maximum Gasteiger partial charge on any atom is 0.185 e. The number of rotatable bonds is 5. The van der Waals surface area contributed by atoms with Crippen molar-refractivity contribution >= 4 is 17.9 Å². The van der Waals surface area contributed by atoms with Crippen molar-refractivity contribution in [2.24, 2.45) is 0 Å². The number of phenols is 1. The Morgan fingerprint density at radius 3 is 1.93 bits per heavy atom. The van der Waals surface area contributed by atoms with E-state index in [1.807, 2.05) is 30.4 Å². The highest BCUT2D eigenvalue weighted by atomic mass is 16.5. The fourth-order valence-electron chi connectivity index (χ4n) is 3.09. The quantitative estimate of drug-likeness (QED) is 0.802. The SMILES string of the molecule is COc1cc(C=C2CCC(=Cc3ccc(OC)c(O)c3)C2=O)cc(OC)c1. The first-order valence-electron chi connectivity index (χ1n) is 8.60. The molecule has 0 heterocycles. The predicted octanol–water partition coefficient (Wildman–Crippen LogP) is 4.25. The molecule has 0 bridgehead atoms. The number of carbonyl (C=O) groups is 1. The normalized spacial score (nSPS) is 16.8. The first-order valence-corrected chi connectivity index (χ1v) is 8.60. The molecule has 1 fully saturated rings. The van der Waals surface area contributed by atoms with Gasteiger partial charge in [0.15, 0.2) is 17.3 Å². The highest BCUT2D eigenvalue weighted by molar-refractivity contribution is 6.15. The number of hydrogen-bond acceptors (Lipinski definition) is 5. The van der Waals surface area contributed by atoms with Crippen molar-refractivity contribution in [1.29, 1.82) is 0 Å². The van der Waals surface area contributed by atoms with Crippen LogP contribution in [0.1, 0.15) is 24.0 Å². The van der Waals surface area contributed by atoms with Crippen LogP contribution in [0.4, 0.5) is 0 Å². The molecule has 0 atom stereocenters. The molecule has 140 valence electrons. The fraction of sp³-hybridized carbons (Fsp3) is 0.227. The van der Waals surface area contributed by atoms with E-state index >= 15 is 0 Å². The summed E-state index contributed by atoms with van der Waals surface area (Å²) in [5.41, 5.74) is 3.09. The third kappa shape index (κ3) is 4.14. The largest absolute Gasteiger partial charge is 0.504 e. The van der Waals surface area contributed by atoms with E-state index in [2.05, 4.69) is 0 Å². The minimum Gasteiger partial charge on any atom is -0.504 e. The zero-order valence-electron chi connectivity index (χ0n) is 15.6. The Morgan fingerprint density at radius 1 is 0.815 bits per heavy atom. The molecular formula is C22H22O5. The van der Waals surface area contributed by atoms with Crippen LogP contribution in [0.2, 0.25) is 0 Å². The Balaban J connectivity index is 1.86. The van der Waals surface area contributed by atoms with E-state index in [0.717, 1.165) is 22.3 Å². The molecule has 1 aliphatic carbocycles. The van der Waals surface area contributed by atoms with E-state index in [-0.39, 0.29) is 11.5 Å². The molecule has 5 heteroatoms. The van der Waals surface area contributed by atoms with Crippen LogP contribution in [0.25, 0.3) is 12.2 Å². The number of aromatic hydroxyl groups is 1. The van der Waals surface area contributed by atoms with Crippen molar-refractivity contribution in [1.82, 2.24) is 0 Å². The minimum atomic E-state index is 0.0205. The average Bonchev–Trinajstić information content (AvgIpc) is 3.01. The van der Waals surface area contributed by atoms with Crippen LogP contribution in [0.5, 0.6) is 23.0 Å². The summed E-state index contributed by atoms with van der Waals surface area (Å²) in [6.45, 7) is 0. The van der Waals surface area contributed by atoms with Crippen molar-refractivity contribution < 1.29 is 24.1 Å². The van der Waals surface area contributed by atoms with Crippen LogP contribution in [0.3, 0.4) is 0 Å². The first kappa shape index (κ1) is 18.6. The van der Waals surface area contributed by atoms with Gasteiger partial charge in [-0.1, -0.05) is 6.07 Å². The van der Waals surface area contributed by atoms with Crippen LogP contribution in [0.15, 0.2) is 47.5 Å². The number of ketones is 1. The second-order valence-electron chi connectivity index (χ2n) is 6.25. The Morgan fingerprint density at radius 2 is 1.41 bits per heavy atom. The molecule has 0 amide bonds. The number of phenolic OH excluding ortho intramolecular Hbond substituents is 1. The van der Waals surface area contributed by atoms with Crippen molar-refractivity contribution in [3.63, 3.8) is 0 Å². The van der Waals surface area contributed by atoms with Gasteiger partial charge in [-0.25, -0.2) is 0 Å². The zero-order chi connectivity index (χ0) is 19.4. The fourth-order valence-corrected chi connectivity index (χ4v) is 3.09. The third-order valence-corrected chi connectivity index (χ3v) is 4.51. The molecule has 2 aromatic rings. The van der Waals surface area contributed by atoms with Gasteiger partial charge in [-0.2, -0.15) is 0 Å². The van der Waals surface area contributed by atoms with Crippen molar-refractivity contribution in [2.75, 3.05) is 21.3 Å². The molecule has 0 aliphatic heterocycles. The van der Waals surface area contributed by atoms with Gasteiger partial charge in [0.2, 0.25) is 0 Å². The summed E-state index contributed by atoms with van der Waals surface area (Å²) in [5.74, 6) is 1.83. The molecule has 1 saturated carbocycles. The number of ether oxygens (including phenoxy) is 3. The Bertz CT molecular complexity index is 902. The standard InChI is InChI=1S/C22H22O5/c1-25-18-10-15(11-19(13-18)26-2)9-17-6-5-16(22(17)24)8-14-4-7-21(27-3)20(23)12-14/h4,7-13,23H,5-6H2,1-3H3. The van der Waals surface area contributed by atoms with E-state index in [1.165, 1.54) is 7.11 Å². The minimum absolute atomic E-state index is 0.0205. The number of Topliss-reactive ketones (excluding diaryl/α,β-unsaturated/α-hetero) is 1. The topological polar surface area (TPSA) is 65.0 Å². The Hall–Kier alpha value is -3.21. The summed E-state index contributed by atoms with van der Waals surface area (Å²) < 4.78 is 15.6. The monoisotopic (exact) mass is 366 g/mol. The summed E-state index contributed by atoms with van der Waals surface area (Å²) in [7, 11) is 4.69. The van der Waals surface area contributed by atoms with Gasteiger partial charge in [0, 0.05) is 17.2 Å². The molecule has 3 rings (SSSR count). The summed E-state index contributed by atoms with van der Waals surface area (Å²) >= 11 is 0. The van der Waals surface area contributed by atoms with E-state index in [1.54, 1.807) is 32.4 Å². The molecular weight excluding hydrogens is 344 g/mol. The van der Waals surface area contributed by atoms with Crippen molar-refractivity contribution in [3.05, 3.63) is 58.7 Å². The molecule has 2 aromatic carbocycles. The number of allylic oxidation sites excluding steroid dienone is 2. The molecule has 0 unspecified atom stereocenters. The van der Waals surface area contributed by atoms with E-state index in [0.29, 0.717) is 30.1 Å². The van der Waals surface area contributed by atoms with Gasteiger partial charge < -0.3 is 19.3 Å². The molecule has 0 radical (unpaired) electrons. The maximum absolute atomic E-state index is 12.7. The highest BCUT2D eigenvalue weighted by Gasteiger charge is 2.23. The third-order valence-electron chi connectivity index (χ3n) is 4.51. The van der Waals surface area contributed by atoms with Crippen LogP contribution in [0, 0.1) is 0 Å². The van der Waals surface area contributed by atoms with Crippen LogP contribution in [-0.2, 0) is 4.79 Å². The second kappa shape index (κ2) is 7.99. The van der Waals surface area contributed by atoms with Gasteiger partial charge >= 0.3 is 0 Å². The van der Waals surface area contributed by atoms with Gasteiger partial charge in [0.05, 0.1) is 21.3 Å². The van der Waals surface area contributed by atoms with Crippen LogP contribution < -0.4 is 14.2 Å². The van der Waals surface area contributed by atoms with Gasteiger partial charge in [-0.15, -0.1) is 0 Å². The molecule has 0 aromatic heterocycles. The summed E-state index contributed by atoms with van der Waals surface area (Å²) in [5, 5.41) is 9.90. The average molecular weight is 366 g/mol. The maximum atomic E-state index is 12.7. The van der Waals surface area contributed by atoms with E-state index < -0.39 is 0 Å². The van der Waals surface area contributed by atoms with Gasteiger partial charge in [0.1, 0.15) is 11.5 Å². The molecule has 1 aliphatic rings. The summed E-state index contributed by atoms with van der Waals surface area (Å²) in [6.07, 6.45) is 5.03. The zero-order valence-corrected chi connectivity index (χ0v) is 15.6. The van der Waals surface area contributed by atoms with Gasteiger partial charge in [-0.3, -0.25) is 4.79 Å².